The molecule has 1 N–H and O–H groups in total. The lowest BCUT2D eigenvalue weighted by atomic mass is 9.95. The minimum Gasteiger partial charge on any atom is -0.456 e. The van der Waals surface area contributed by atoms with E-state index in [-0.39, 0.29) is 6.17 Å². The Labute approximate surface area is 272 Å². The van der Waals surface area contributed by atoms with Crippen molar-refractivity contribution in [2.75, 3.05) is 0 Å². The normalized spacial score (nSPS) is 14.6. The summed E-state index contributed by atoms with van der Waals surface area (Å²) >= 11 is 0. The van der Waals surface area contributed by atoms with Crippen LogP contribution in [0.1, 0.15) is 22.9 Å². The van der Waals surface area contributed by atoms with E-state index in [2.05, 4.69) is 127 Å². The van der Waals surface area contributed by atoms with Crippen LogP contribution in [0.5, 0.6) is 0 Å². The zero-order chi connectivity index (χ0) is 31.2. The van der Waals surface area contributed by atoms with Crippen LogP contribution >= 0.6 is 0 Å². The van der Waals surface area contributed by atoms with Crippen LogP contribution in [0.25, 0.3) is 55.0 Å². The maximum atomic E-state index is 6.42. The van der Waals surface area contributed by atoms with Crippen LogP contribution in [-0.2, 0) is 0 Å². The van der Waals surface area contributed by atoms with Gasteiger partial charge in [0.1, 0.15) is 23.2 Å². The summed E-state index contributed by atoms with van der Waals surface area (Å²) in [6.45, 7) is 0. The predicted octanol–water partition coefficient (Wildman–Crippen LogP) is 10.6. The van der Waals surface area contributed by atoms with Crippen LogP contribution in [0.4, 0.5) is 0 Å². The van der Waals surface area contributed by atoms with Crippen LogP contribution in [0.3, 0.4) is 0 Å². The van der Waals surface area contributed by atoms with Gasteiger partial charge in [0, 0.05) is 21.9 Å². The van der Waals surface area contributed by atoms with Crippen molar-refractivity contribution in [1.82, 2.24) is 5.32 Å². The van der Waals surface area contributed by atoms with Gasteiger partial charge in [-0.1, -0.05) is 133 Å². The summed E-state index contributed by atoms with van der Waals surface area (Å²) in [6, 6.07) is 57.0. The van der Waals surface area contributed by atoms with Crippen molar-refractivity contribution >= 4 is 44.4 Å². The number of hydrogen-bond donors (Lipinski definition) is 1. The van der Waals surface area contributed by atoms with E-state index in [0.29, 0.717) is 0 Å². The van der Waals surface area contributed by atoms with E-state index in [9.17, 15) is 0 Å². The molecule has 0 bridgehead atoms. The summed E-state index contributed by atoms with van der Waals surface area (Å²) in [5, 5.41) is 8.16. The number of nitrogens with zero attached hydrogens (tertiary/aromatic N) is 2. The predicted molar refractivity (Wildman–Crippen MR) is 194 cm³/mol. The van der Waals surface area contributed by atoms with E-state index < -0.39 is 0 Å². The second-order valence-electron chi connectivity index (χ2n) is 11.9. The summed E-state index contributed by atoms with van der Waals surface area (Å²) in [5.74, 6) is 1.52. The monoisotopic (exact) mass is 603 g/mol. The number of aliphatic imine (C=N–C) groups is 2. The van der Waals surface area contributed by atoms with Gasteiger partial charge in [-0.2, -0.15) is 0 Å². The molecule has 8 aromatic rings. The van der Waals surface area contributed by atoms with E-state index in [0.717, 1.165) is 72.4 Å². The standard InChI is InChI=1S/C43H29N3O/c1-4-11-28(12-5-1)32-23-24-37-39(27-32)47-38-18-10-17-36(40(37)38)33-21-19-29-20-22-34(26-35(29)25-33)43-45-41(30-13-6-2-7-14-30)44-42(46-43)31-15-8-3-9-16-31/h1-27,41H,(H,44,45,46). The van der Waals surface area contributed by atoms with E-state index in [1.165, 1.54) is 10.9 Å². The topological polar surface area (TPSA) is 49.9 Å². The molecular formula is C43H29N3O. The Morgan fingerprint density at radius 1 is 0.489 bits per heavy atom. The fourth-order valence-corrected chi connectivity index (χ4v) is 6.56. The minimum atomic E-state index is -0.240. The van der Waals surface area contributed by atoms with Gasteiger partial charge in [0.2, 0.25) is 0 Å². The molecule has 1 aliphatic rings. The summed E-state index contributed by atoms with van der Waals surface area (Å²) in [5.41, 5.74) is 9.48. The summed E-state index contributed by atoms with van der Waals surface area (Å²) < 4.78 is 6.42. The highest BCUT2D eigenvalue weighted by Crippen LogP contribution is 2.39. The first-order valence-electron chi connectivity index (χ1n) is 15.9. The SMILES string of the molecule is c1ccc(C2=NC(c3ccccc3)NC(c3ccc4ccc(-c5cccc6oc7cc(-c8ccccc8)ccc7c56)cc4c3)=N2)cc1. The number of nitrogens with one attached hydrogen (secondary N) is 1. The molecule has 1 unspecified atom stereocenters. The number of amidine groups is 2. The summed E-state index contributed by atoms with van der Waals surface area (Å²) in [7, 11) is 0. The molecule has 2 heterocycles. The van der Waals surface area contributed by atoms with Gasteiger partial charge in [-0.05, 0) is 68.9 Å². The van der Waals surface area contributed by atoms with Crippen LogP contribution in [0.15, 0.2) is 178 Å². The van der Waals surface area contributed by atoms with Crippen molar-refractivity contribution in [3.63, 3.8) is 0 Å². The highest BCUT2D eigenvalue weighted by Gasteiger charge is 2.21. The second-order valence-corrected chi connectivity index (χ2v) is 11.9. The van der Waals surface area contributed by atoms with E-state index in [1.54, 1.807) is 0 Å². The molecule has 0 amide bonds. The van der Waals surface area contributed by atoms with Crippen LogP contribution < -0.4 is 5.32 Å². The van der Waals surface area contributed by atoms with Crippen molar-refractivity contribution in [2.24, 2.45) is 9.98 Å². The molecule has 47 heavy (non-hydrogen) atoms. The smallest absolute Gasteiger partial charge is 0.159 e. The molecule has 0 saturated carbocycles. The lowest BCUT2D eigenvalue weighted by Gasteiger charge is -2.23. The first kappa shape index (κ1) is 27.1. The van der Waals surface area contributed by atoms with Gasteiger partial charge in [-0.25, -0.2) is 9.98 Å². The molecule has 1 aromatic heterocycles. The van der Waals surface area contributed by atoms with Crippen LogP contribution in [-0.4, -0.2) is 11.7 Å². The van der Waals surface area contributed by atoms with Gasteiger partial charge in [0.05, 0.1) is 0 Å². The van der Waals surface area contributed by atoms with Gasteiger partial charge in [-0.15, -0.1) is 0 Å². The number of fused-ring (bicyclic) bond motifs is 4. The molecule has 1 aliphatic heterocycles. The number of benzene rings is 7. The molecule has 1 atom stereocenters. The molecule has 0 radical (unpaired) electrons. The molecule has 0 spiro atoms. The Morgan fingerprint density at radius 3 is 1.96 bits per heavy atom. The van der Waals surface area contributed by atoms with Gasteiger partial charge in [0.25, 0.3) is 0 Å². The van der Waals surface area contributed by atoms with E-state index in [4.69, 9.17) is 14.4 Å². The fourth-order valence-electron chi connectivity index (χ4n) is 6.56. The third-order valence-corrected chi connectivity index (χ3v) is 8.92. The first-order chi connectivity index (χ1) is 23.3. The molecule has 4 heteroatoms. The first-order valence-corrected chi connectivity index (χ1v) is 15.9. The zero-order valence-corrected chi connectivity index (χ0v) is 25.5. The lowest BCUT2D eigenvalue weighted by molar-refractivity contribution is 0.669. The second kappa shape index (κ2) is 11.3. The Kier molecular flexibility index (Phi) is 6.50. The molecule has 7 aromatic carbocycles. The zero-order valence-electron chi connectivity index (χ0n) is 25.5. The molecule has 9 rings (SSSR count). The average Bonchev–Trinajstić information content (AvgIpc) is 3.53. The van der Waals surface area contributed by atoms with Crippen molar-refractivity contribution in [2.45, 2.75) is 6.17 Å². The minimum absolute atomic E-state index is 0.240. The third-order valence-electron chi connectivity index (χ3n) is 8.92. The number of hydrogen-bond acceptors (Lipinski definition) is 4. The summed E-state index contributed by atoms with van der Waals surface area (Å²) in [4.78, 5) is 10.0. The van der Waals surface area contributed by atoms with Crippen LogP contribution in [0.2, 0.25) is 0 Å². The van der Waals surface area contributed by atoms with Gasteiger partial charge in [0.15, 0.2) is 5.84 Å². The van der Waals surface area contributed by atoms with Gasteiger partial charge >= 0.3 is 0 Å². The Balaban J connectivity index is 1.13. The molecular weight excluding hydrogens is 574 g/mol. The van der Waals surface area contributed by atoms with Crippen molar-refractivity contribution in [3.05, 3.63) is 180 Å². The molecule has 0 saturated heterocycles. The van der Waals surface area contributed by atoms with Crippen molar-refractivity contribution in [3.8, 4) is 22.3 Å². The highest BCUT2D eigenvalue weighted by atomic mass is 16.3. The van der Waals surface area contributed by atoms with E-state index in [1.807, 2.05) is 42.5 Å². The quantitative estimate of drug-likeness (QED) is 0.213. The molecule has 0 aliphatic carbocycles. The molecule has 4 nitrogen and oxygen atoms in total. The Bertz CT molecular complexity index is 2480. The summed E-state index contributed by atoms with van der Waals surface area (Å²) in [6.07, 6.45) is -0.240. The largest absolute Gasteiger partial charge is 0.456 e. The average molecular weight is 604 g/mol. The number of furan rings is 1. The molecule has 0 fully saturated rings. The van der Waals surface area contributed by atoms with Crippen LogP contribution in [0, 0.1) is 0 Å². The van der Waals surface area contributed by atoms with Gasteiger partial charge < -0.3 is 9.73 Å². The van der Waals surface area contributed by atoms with Gasteiger partial charge in [-0.3, -0.25) is 0 Å². The lowest BCUT2D eigenvalue weighted by Crippen LogP contribution is -2.33. The third kappa shape index (κ3) is 4.97. The van der Waals surface area contributed by atoms with Crippen molar-refractivity contribution < 1.29 is 4.42 Å². The Hall–Kier alpha value is -6.26. The highest BCUT2D eigenvalue weighted by molar-refractivity contribution is 6.15. The fraction of sp³-hybridized carbons (Fsp3) is 0.0233. The maximum Gasteiger partial charge on any atom is 0.159 e. The number of rotatable bonds is 5. The Morgan fingerprint density at radius 2 is 1.17 bits per heavy atom. The molecule has 222 valence electrons. The van der Waals surface area contributed by atoms with E-state index >= 15 is 0 Å². The maximum absolute atomic E-state index is 6.42. The van der Waals surface area contributed by atoms with Crippen molar-refractivity contribution in [1.29, 1.82) is 0 Å².